The summed E-state index contributed by atoms with van der Waals surface area (Å²) in [6, 6.07) is 7.54. The minimum absolute atomic E-state index is 0.346. The number of hydrogen-bond donors (Lipinski definition) is 1. The topological polar surface area (TPSA) is 62.9 Å². The van der Waals surface area contributed by atoms with Gasteiger partial charge in [-0.25, -0.2) is 0 Å². The van der Waals surface area contributed by atoms with E-state index >= 15 is 0 Å². The molecule has 4 atom stereocenters. The van der Waals surface area contributed by atoms with Crippen LogP contribution in [0.2, 0.25) is 0 Å². The van der Waals surface area contributed by atoms with Gasteiger partial charge in [0.05, 0.1) is 12.1 Å². The van der Waals surface area contributed by atoms with Crippen molar-refractivity contribution in [3.05, 3.63) is 0 Å². The van der Waals surface area contributed by atoms with Gasteiger partial charge in [0.1, 0.15) is 0 Å². The summed E-state index contributed by atoms with van der Waals surface area (Å²) >= 11 is 0. The lowest BCUT2D eigenvalue weighted by atomic mass is 9.93. The van der Waals surface area contributed by atoms with Crippen LogP contribution in [0, 0.1) is 34.5 Å². The number of piperidine rings is 2. The van der Waals surface area contributed by atoms with Crippen molar-refractivity contribution in [2.24, 2.45) is 11.8 Å². The molecular weight excluding hydrogens is 260 g/mol. The molecule has 114 valence electrons. The highest BCUT2D eigenvalue weighted by Gasteiger charge is 2.38. The molecule has 4 unspecified atom stereocenters. The lowest BCUT2D eigenvalue weighted by molar-refractivity contribution is 0.154. The van der Waals surface area contributed by atoms with E-state index in [1.54, 1.807) is 0 Å². The molecule has 1 N–H and O–H groups in total. The molecule has 0 aliphatic carbocycles. The van der Waals surface area contributed by atoms with E-state index in [1.807, 2.05) is 0 Å². The normalized spacial score (nSPS) is 44.3. The predicted octanol–water partition coefficient (Wildman–Crippen LogP) is 2.42. The molecule has 4 saturated heterocycles. The molecule has 4 bridgehead atoms. The summed E-state index contributed by atoms with van der Waals surface area (Å²) < 4.78 is 0. The van der Waals surface area contributed by atoms with E-state index in [9.17, 15) is 0 Å². The quantitative estimate of drug-likeness (QED) is 0.743. The van der Waals surface area contributed by atoms with Crippen molar-refractivity contribution in [2.45, 2.75) is 75.5 Å². The molecule has 4 aliphatic rings. The van der Waals surface area contributed by atoms with Crippen LogP contribution >= 0.6 is 0 Å². The standard InChI is InChI=1S/C9H14N2.C8H12N2/c1-11-8-2-3-9(11)5-7(4-8)6-10;9-5-6-3-7-1-2-8(4-6)10-7/h7-9H,2-5H2,1H3;6-8,10H,1-4H2. The molecule has 0 spiro atoms. The van der Waals surface area contributed by atoms with E-state index in [2.05, 4.69) is 29.4 Å². The van der Waals surface area contributed by atoms with Gasteiger partial charge in [0, 0.05) is 36.0 Å². The Labute approximate surface area is 128 Å². The van der Waals surface area contributed by atoms with Gasteiger partial charge < -0.3 is 10.2 Å². The molecular formula is C17H26N4. The van der Waals surface area contributed by atoms with Crippen molar-refractivity contribution in [1.82, 2.24) is 10.2 Å². The van der Waals surface area contributed by atoms with Crippen LogP contribution in [0.25, 0.3) is 0 Å². The average molecular weight is 286 g/mol. The smallest absolute Gasteiger partial charge is 0.0657 e. The SMILES string of the molecule is CN1C2CCC1CC(C#N)C2.N#CC1CC2CCC(C1)N2. The summed E-state index contributed by atoms with van der Waals surface area (Å²) in [4.78, 5) is 2.47. The van der Waals surface area contributed by atoms with Gasteiger partial charge in [0.15, 0.2) is 0 Å². The molecule has 4 aliphatic heterocycles. The van der Waals surface area contributed by atoms with Crippen LogP contribution in [0.4, 0.5) is 0 Å². The van der Waals surface area contributed by atoms with Gasteiger partial charge in [0.25, 0.3) is 0 Å². The number of rotatable bonds is 0. The molecule has 0 aromatic carbocycles. The Balaban J connectivity index is 0.000000126. The van der Waals surface area contributed by atoms with Crippen LogP contribution in [0.3, 0.4) is 0 Å². The second-order valence-corrected chi connectivity index (χ2v) is 7.28. The van der Waals surface area contributed by atoms with Crippen molar-refractivity contribution in [3.63, 3.8) is 0 Å². The highest BCUT2D eigenvalue weighted by molar-refractivity contribution is 5.00. The van der Waals surface area contributed by atoms with E-state index in [0.717, 1.165) is 37.8 Å². The van der Waals surface area contributed by atoms with Crippen molar-refractivity contribution < 1.29 is 0 Å². The summed E-state index contributed by atoms with van der Waals surface area (Å²) in [6.45, 7) is 0. The van der Waals surface area contributed by atoms with E-state index in [4.69, 9.17) is 10.5 Å². The monoisotopic (exact) mass is 286 g/mol. The minimum Gasteiger partial charge on any atom is -0.311 e. The molecule has 0 amide bonds. The van der Waals surface area contributed by atoms with Gasteiger partial charge in [-0.05, 0) is 58.4 Å². The third-order valence-corrected chi connectivity index (χ3v) is 5.94. The maximum atomic E-state index is 8.77. The van der Waals surface area contributed by atoms with Crippen LogP contribution in [0.1, 0.15) is 51.4 Å². The summed E-state index contributed by atoms with van der Waals surface area (Å²) in [5.74, 6) is 0.697. The molecule has 4 heteroatoms. The van der Waals surface area contributed by atoms with Gasteiger partial charge in [-0.15, -0.1) is 0 Å². The molecule has 0 radical (unpaired) electrons. The maximum absolute atomic E-state index is 8.77. The third-order valence-electron chi connectivity index (χ3n) is 5.94. The van der Waals surface area contributed by atoms with Crippen molar-refractivity contribution in [2.75, 3.05) is 7.05 Å². The van der Waals surface area contributed by atoms with Gasteiger partial charge in [-0.3, -0.25) is 0 Å². The molecule has 0 aromatic heterocycles. The molecule has 4 rings (SSSR count). The van der Waals surface area contributed by atoms with Crippen molar-refractivity contribution in [3.8, 4) is 12.1 Å². The van der Waals surface area contributed by atoms with Gasteiger partial charge in [-0.2, -0.15) is 10.5 Å². The summed E-state index contributed by atoms with van der Waals surface area (Å²) in [5, 5.41) is 21.0. The Morgan fingerprint density at radius 3 is 1.76 bits per heavy atom. The third kappa shape index (κ3) is 3.23. The first-order valence-corrected chi connectivity index (χ1v) is 8.46. The van der Waals surface area contributed by atoms with Gasteiger partial charge >= 0.3 is 0 Å². The molecule has 4 nitrogen and oxygen atoms in total. The van der Waals surface area contributed by atoms with Crippen LogP contribution in [-0.4, -0.2) is 36.1 Å². The fourth-order valence-corrected chi connectivity index (χ4v) is 4.68. The number of hydrogen-bond acceptors (Lipinski definition) is 4. The largest absolute Gasteiger partial charge is 0.311 e. The zero-order valence-electron chi connectivity index (χ0n) is 13.0. The minimum atomic E-state index is 0.346. The Morgan fingerprint density at radius 1 is 0.810 bits per heavy atom. The zero-order valence-corrected chi connectivity index (χ0v) is 13.0. The maximum Gasteiger partial charge on any atom is 0.0657 e. The summed E-state index contributed by atoms with van der Waals surface area (Å²) in [6.07, 6.45) is 9.64. The van der Waals surface area contributed by atoms with Crippen LogP contribution < -0.4 is 5.32 Å². The number of nitriles is 2. The Bertz CT molecular complexity index is 423. The molecule has 4 heterocycles. The fourth-order valence-electron chi connectivity index (χ4n) is 4.68. The van der Waals surface area contributed by atoms with Crippen LogP contribution in [0.5, 0.6) is 0 Å². The first-order valence-electron chi connectivity index (χ1n) is 8.46. The Kier molecular flexibility index (Phi) is 4.48. The second-order valence-electron chi connectivity index (χ2n) is 7.28. The van der Waals surface area contributed by atoms with Crippen molar-refractivity contribution >= 4 is 0 Å². The lowest BCUT2D eigenvalue weighted by Gasteiger charge is -2.33. The first-order chi connectivity index (χ1) is 10.2. The molecule has 0 aromatic rings. The summed E-state index contributed by atoms with van der Waals surface area (Å²) in [7, 11) is 2.20. The van der Waals surface area contributed by atoms with E-state index in [-0.39, 0.29) is 0 Å². The predicted molar refractivity (Wildman–Crippen MR) is 81.2 cm³/mol. The van der Waals surface area contributed by atoms with Crippen LogP contribution in [0.15, 0.2) is 0 Å². The first kappa shape index (κ1) is 14.8. The highest BCUT2D eigenvalue weighted by atomic mass is 15.2. The summed E-state index contributed by atoms with van der Waals surface area (Å²) in [5.41, 5.74) is 0. The molecule has 0 saturated carbocycles. The highest BCUT2D eigenvalue weighted by Crippen LogP contribution is 2.36. The fraction of sp³-hybridized carbons (Fsp3) is 0.882. The average Bonchev–Trinajstić information content (AvgIpc) is 2.93. The van der Waals surface area contributed by atoms with E-state index < -0.39 is 0 Å². The second kappa shape index (κ2) is 6.34. The van der Waals surface area contributed by atoms with E-state index in [1.165, 1.54) is 25.7 Å². The molecule has 21 heavy (non-hydrogen) atoms. The Morgan fingerprint density at radius 2 is 1.29 bits per heavy atom. The Hall–Kier alpha value is -1.10. The number of nitrogens with one attached hydrogen (secondary N) is 1. The van der Waals surface area contributed by atoms with Gasteiger partial charge in [-0.1, -0.05) is 0 Å². The number of nitrogens with zero attached hydrogens (tertiary/aromatic N) is 3. The van der Waals surface area contributed by atoms with Gasteiger partial charge in [0.2, 0.25) is 0 Å². The van der Waals surface area contributed by atoms with Crippen molar-refractivity contribution in [1.29, 1.82) is 10.5 Å². The van der Waals surface area contributed by atoms with E-state index in [0.29, 0.717) is 23.9 Å². The zero-order chi connectivity index (χ0) is 14.8. The lowest BCUT2D eigenvalue weighted by Crippen LogP contribution is -2.39. The van der Waals surface area contributed by atoms with Crippen LogP contribution in [-0.2, 0) is 0 Å². The molecule has 4 fully saturated rings. The number of fused-ring (bicyclic) bond motifs is 4.